The molecule has 0 fully saturated rings. The van der Waals surface area contributed by atoms with Gasteiger partial charge in [0.05, 0.1) is 16.6 Å². The summed E-state index contributed by atoms with van der Waals surface area (Å²) in [5.41, 5.74) is 2.00. The Morgan fingerprint density at radius 2 is 1.90 bits per heavy atom. The Kier molecular flexibility index (Phi) is 4.87. The molecule has 1 N–H and O–H groups in total. The van der Waals surface area contributed by atoms with Crippen molar-refractivity contribution in [2.75, 3.05) is 11.8 Å². The molecule has 0 bridgehead atoms. The van der Waals surface area contributed by atoms with E-state index in [1.54, 1.807) is 25.1 Å². The van der Waals surface area contributed by atoms with Crippen LogP contribution >= 0.6 is 38.9 Å². The van der Waals surface area contributed by atoms with E-state index in [-0.39, 0.29) is 4.21 Å². The molecule has 0 aliphatic carbocycles. The van der Waals surface area contributed by atoms with Gasteiger partial charge in [-0.2, -0.15) is 0 Å². The minimum absolute atomic E-state index is 0.238. The molecule has 0 saturated heterocycles. The van der Waals surface area contributed by atoms with E-state index in [0.29, 0.717) is 16.5 Å². The van der Waals surface area contributed by atoms with Crippen LogP contribution < -0.4 is 9.46 Å². The fraction of sp³-hybridized carbons (Fsp3) is 0.231. The first-order valence-electron chi connectivity index (χ1n) is 5.87. The fourth-order valence-electron chi connectivity index (χ4n) is 1.67. The Morgan fingerprint density at radius 1 is 1.24 bits per heavy atom. The second kappa shape index (κ2) is 6.16. The van der Waals surface area contributed by atoms with Gasteiger partial charge in [-0.1, -0.05) is 11.6 Å². The molecule has 2 rings (SSSR count). The summed E-state index contributed by atoms with van der Waals surface area (Å²) in [6, 6.07) is 4.85. The van der Waals surface area contributed by atoms with Gasteiger partial charge < -0.3 is 4.74 Å². The summed E-state index contributed by atoms with van der Waals surface area (Å²) in [6.45, 7) is 3.64. The van der Waals surface area contributed by atoms with E-state index in [2.05, 4.69) is 20.7 Å². The summed E-state index contributed by atoms with van der Waals surface area (Å²) in [5.74, 6) is 0.376. The van der Waals surface area contributed by atoms with Crippen LogP contribution in [-0.2, 0) is 10.0 Å². The van der Waals surface area contributed by atoms with Gasteiger partial charge in [0.2, 0.25) is 0 Å². The molecule has 2 aromatic rings. The molecule has 21 heavy (non-hydrogen) atoms. The van der Waals surface area contributed by atoms with Gasteiger partial charge in [-0.25, -0.2) is 8.42 Å². The maximum Gasteiger partial charge on any atom is 0.271 e. The Morgan fingerprint density at radius 3 is 2.43 bits per heavy atom. The predicted molar refractivity (Wildman–Crippen MR) is 90.3 cm³/mol. The van der Waals surface area contributed by atoms with E-state index in [0.717, 1.165) is 26.3 Å². The summed E-state index contributed by atoms with van der Waals surface area (Å²) >= 11 is 10.5. The molecule has 8 heteroatoms. The molecule has 0 unspecified atom stereocenters. The second-order valence-corrected chi connectivity index (χ2v) is 9.12. The molecule has 114 valence electrons. The SMILES string of the molecule is COc1cc(Cl)c(C)cc1NS(=O)(=O)c1cc(C)c(Br)s1. The van der Waals surface area contributed by atoms with Crippen LogP contribution in [0.3, 0.4) is 0 Å². The van der Waals surface area contributed by atoms with Crippen molar-refractivity contribution in [2.24, 2.45) is 0 Å². The number of hydrogen-bond acceptors (Lipinski definition) is 4. The highest BCUT2D eigenvalue weighted by Crippen LogP contribution is 2.35. The van der Waals surface area contributed by atoms with Crippen LogP contribution in [0.5, 0.6) is 5.75 Å². The normalized spacial score (nSPS) is 11.5. The van der Waals surface area contributed by atoms with E-state index in [1.807, 2.05) is 6.92 Å². The molecular weight excluding hydrogens is 398 g/mol. The van der Waals surface area contributed by atoms with E-state index < -0.39 is 10.0 Å². The highest BCUT2D eigenvalue weighted by molar-refractivity contribution is 9.11. The highest BCUT2D eigenvalue weighted by atomic mass is 79.9. The van der Waals surface area contributed by atoms with Gasteiger partial charge in [0.15, 0.2) is 0 Å². The molecular formula is C13H13BrClNO3S2. The van der Waals surface area contributed by atoms with E-state index in [4.69, 9.17) is 16.3 Å². The Bertz CT molecular complexity index is 767. The summed E-state index contributed by atoms with van der Waals surface area (Å²) in [6.07, 6.45) is 0. The number of sulfonamides is 1. The van der Waals surface area contributed by atoms with Crippen LogP contribution in [0.4, 0.5) is 5.69 Å². The van der Waals surface area contributed by atoms with Crippen molar-refractivity contribution in [1.29, 1.82) is 0 Å². The summed E-state index contributed by atoms with van der Waals surface area (Å²) in [5, 5.41) is 0.518. The molecule has 1 aromatic carbocycles. The predicted octanol–water partition coefficient (Wildman–Crippen LogP) is 4.59. The number of halogens is 2. The number of aryl methyl sites for hydroxylation is 2. The summed E-state index contributed by atoms with van der Waals surface area (Å²) in [7, 11) is -2.20. The third kappa shape index (κ3) is 3.53. The van der Waals surface area contributed by atoms with Crippen molar-refractivity contribution in [3.63, 3.8) is 0 Å². The van der Waals surface area contributed by atoms with Gasteiger partial charge in [0, 0.05) is 11.1 Å². The van der Waals surface area contributed by atoms with Gasteiger partial charge in [-0.3, -0.25) is 4.72 Å². The molecule has 0 atom stereocenters. The van der Waals surface area contributed by atoms with Crippen molar-refractivity contribution in [2.45, 2.75) is 18.1 Å². The number of hydrogen-bond donors (Lipinski definition) is 1. The molecule has 0 amide bonds. The van der Waals surface area contributed by atoms with Gasteiger partial charge in [-0.05, 0) is 53.0 Å². The standard InChI is InChI=1S/C13H13BrClNO3S2/c1-7-4-10(11(19-3)6-9(7)15)16-21(17,18)12-5-8(2)13(14)20-12/h4-6,16H,1-3H3. The zero-order chi connectivity index (χ0) is 15.8. The smallest absolute Gasteiger partial charge is 0.271 e. The first kappa shape index (κ1) is 16.6. The van der Waals surface area contributed by atoms with Crippen molar-refractivity contribution < 1.29 is 13.2 Å². The average Bonchev–Trinajstić information content (AvgIpc) is 2.74. The first-order chi connectivity index (χ1) is 9.74. The van der Waals surface area contributed by atoms with Crippen molar-refractivity contribution in [1.82, 2.24) is 0 Å². The zero-order valence-corrected chi connectivity index (χ0v) is 15.5. The maximum absolute atomic E-state index is 12.4. The lowest BCUT2D eigenvalue weighted by atomic mass is 10.2. The number of rotatable bonds is 4. The first-order valence-corrected chi connectivity index (χ1v) is 9.34. The third-order valence-corrected chi connectivity index (χ3v) is 7.21. The van der Waals surface area contributed by atoms with Crippen LogP contribution in [0.15, 0.2) is 26.2 Å². The number of thiophene rings is 1. The maximum atomic E-state index is 12.4. The quantitative estimate of drug-likeness (QED) is 0.802. The van der Waals surface area contributed by atoms with E-state index in [1.165, 1.54) is 7.11 Å². The number of anilines is 1. The topological polar surface area (TPSA) is 55.4 Å². The Balaban J connectivity index is 2.43. The largest absolute Gasteiger partial charge is 0.495 e. The van der Waals surface area contributed by atoms with Gasteiger partial charge in [0.25, 0.3) is 10.0 Å². The van der Waals surface area contributed by atoms with Crippen LogP contribution in [-0.4, -0.2) is 15.5 Å². The van der Waals surface area contributed by atoms with Crippen LogP contribution in [0, 0.1) is 13.8 Å². The lowest BCUT2D eigenvalue weighted by Crippen LogP contribution is -2.12. The molecule has 0 aliphatic heterocycles. The molecule has 0 saturated carbocycles. The minimum atomic E-state index is -3.66. The molecule has 1 aromatic heterocycles. The third-order valence-electron chi connectivity index (χ3n) is 2.82. The van der Waals surface area contributed by atoms with Crippen molar-refractivity contribution >= 4 is 54.6 Å². The number of nitrogens with one attached hydrogen (secondary N) is 1. The fourth-order valence-corrected chi connectivity index (χ4v) is 5.11. The van der Waals surface area contributed by atoms with Crippen LogP contribution in [0.2, 0.25) is 5.02 Å². The molecule has 0 aliphatic rings. The Labute approximate surface area is 141 Å². The van der Waals surface area contributed by atoms with Gasteiger partial charge in [-0.15, -0.1) is 11.3 Å². The number of benzene rings is 1. The summed E-state index contributed by atoms with van der Waals surface area (Å²) < 4.78 is 33.6. The number of methoxy groups -OCH3 is 1. The minimum Gasteiger partial charge on any atom is -0.495 e. The molecule has 4 nitrogen and oxygen atoms in total. The number of ether oxygens (including phenoxy) is 1. The van der Waals surface area contributed by atoms with Gasteiger partial charge >= 0.3 is 0 Å². The van der Waals surface area contributed by atoms with E-state index in [9.17, 15) is 8.42 Å². The zero-order valence-electron chi connectivity index (χ0n) is 11.5. The second-order valence-electron chi connectivity index (χ2n) is 4.43. The molecule has 0 radical (unpaired) electrons. The lowest BCUT2D eigenvalue weighted by Gasteiger charge is -2.12. The lowest BCUT2D eigenvalue weighted by molar-refractivity contribution is 0.417. The molecule has 1 heterocycles. The van der Waals surface area contributed by atoms with Crippen LogP contribution in [0.1, 0.15) is 11.1 Å². The van der Waals surface area contributed by atoms with Crippen molar-refractivity contribution in [3.8, 4) is 5.75 Å². The summed E-state index contributed by atoms with van der Waals surface area (Å²) in [4.78, 5) is 0. The van der Waals surface area contributed by atoms with Crippen molar-refractivity contribution in [3.05, 3.63) is 38.1 Å². The molecule has 0 spiro atoms. The Hall–Kier alpha value is -0.760. The highest BCUT2D eigenvalue weighted by Gasteiger charge is 2.20. The monoisotopic (exact) mass is 409 g/mol. The van der Waals surface area contributed by atoms with Gasteiger partial charge in [0.1, 0.15) is 9.96 Å². The average molecular weight is 411 g/mol. The van der Waals surface area contributed by atoms with Crippen LogP contribution in [0.25, 0.3) is 0 Å². The van der Waals surface area contributed by atoms with E-state index >= 15 is 0 Å².